The summed E-state index contributed by atoms with van der Waals surface area (Å²) in [6.07, 6.45) is -4.50. The third-order valence-corrected chi connectivity index (χ3v) is 10.5. The number of nitriles is 1. The Bertz CT molecular complexity index is 2000. The second-order valence-electron chi connectivity index (χ2n) is 15.0. The Labute approximate surface area is 296 Å². The van der Waals surface area contributed by atoms with E-state index in [4.69, 9.17) is 24.9 Å². The van der Waals surface area contributed by atoms with Crippen molar-refractivity contribution in [3.8, 4) is 29.2 Å². The van der Waals surface area contributed by atoms with Crippen LogP contribution in [0.4, 0.5) is 38.3 Å². The van der Waals surface area contributed by atoms with Gasteiger partial charge in [0.2, 0.25) is 5.88 Å². The van der Waals surface area contributed by atoms with Gasteiger partial charge in [0, 0.05) is 12.1 Å². The van der Waals surface area contributed by atoms with Crippen LogP contribution < -0.4 is 20.1 Å². The Morgan fingerprint density at radius 2 is 1.87 bits per heavy atom. The van der Waals surface area contributed by atoms with E-state index in [1.807, 2.05) is 16.8 Å². The van der Waals surface area contributed by atoms with Crippen LogP contribution in [0.5, 0.6) is 11.9 Å². The molecular weight excluding hydrogens is 691 g/mol. The van der Waals surface area contributed by atoms with Crippen molar-refractivity contribution in [3.63, 3.8) is 0 Å². The van der Waals surface area contributed by atoms with E-state index in [2.05, 4.69) is 16.0 Å². The van der Waals surface area contributed by atoms with E-state index in [1.165, 1.54) is 0 Å². The van der Waals surface area contributed by atoms with E-state index < -0.39 is 81.3 Å². The Kier molecular flexibility index (Phi) is 8.54. The van der Waals surface area contributed by atoms with Crippen molar-refractivity contribution in [2.24, 2.45) is 5.92 Å². The van der Waals surface area contributed by atoms with Crippen molar-refractivity contribution < 1.29 is 41.0 Å². The number of aromatic nitrogens is 3. The number of piperazine rings is 1. The molecule has 2 aromatic heterocycles. The Balaban J connectivity index is 1.42. The highest BCUT2D eigenvalue weighted by Gasteiger charge is 2.54. The molecule has 3 aromatic rings. The first kappa shape index (κ1) is 35.7. The Hall–Kier alpha value is -4.72. The van der Waals surface area contributed by atoms with Crippen molar-refractivity contribution >= 4 is 28.5 Å². The maximum atomic E-state index is 16.9. The van der Waals surface area contributed by atoms with Crippen LogP contribution in [0.15, 0.2) is 6.07 Å². The number of pyridine rings is 1. The molecule has 2 unspecified atom stereocenters. The topological polar surface area (TPSA) is 143 Å². The highest BCUT2D eigenvalue weighted by Crippen LogP contribution is 2.48. The molecule has 7 rings (SSSR count). The average molecular weight is 731 g/mol. The highest BCUT2D eigenvalue weighted by molar-refractivity contribution is 5.98. The van der Waals surface area contributed by atoms with Gasteiger partial charge in [-0.15, -0.1) is 0 Å². The lowest BCUT2D eigenvalue weighted by molar-refractivity contribution is -0.137. The number of nitrogens with zero attached hydrogens (tertiary/aromatic N) is 7. The molecule has 3 fully saturated rings. The number of rotatable bonds is 4. The molecule has 52 heavy (non-hydrogen) atoms. The first-order valence-corrected chi connectivity index (χ1v) is 17.1. The lowest BCUT2D eigenvalue weighted by atomic mass is 9.96. The summed E-state index contributed by atoms with van der Waals surface area (Å²) in [6, 6.07) is 1.08. The van der Waals surface area contributed by atoms with Gasteiger partial charge in [-0.2, -0.15) is 28.4 Å². The fraction of sp³-hybridized carbons (Fsp3) is 0.571. The van der Waals surface area contributed by atoms with Crippen LogP contribution in [0.3, 0.4) is 0 Å². The van der Waals surface area contributed by atoms with Gasteiger partial charge in [0.05, 0.1) is 47.4 Å². The average Bonchev–Trinajstić information content (AvgIpc) is 3.54. The van der Waals surface area contributed by atoms with Gasteiger partial charge in [-0.05, 0) is 79.1 Å². The van der Waals surface area contributed by atoms with E-state index in [-0.39, 0.29) is 54.2 Å². The van der Waals surface area contributed by atoms with Crippen LogP contribution >= 0.6 is 0 Å². The number of alkyl halides is 3. The van der Waals surface area contributed by atoms with Gasteiger partial charge < -0.3 is 24.8 Å². The van der Waals surface area contributed by atoms with Gasteiger partial charge in [0.25, 0.3) is 0 Å². The fourth-order valence-electron chi connectivity index (χ4n) is 8.19. The molecule has 4 aliphatic rings. The number of fused-ring (bicyclic) bond motifs is 5. The van der Waals surface area contributed by atoms with Crippen LogP contribution in [-0.2, 0) is 10.9 Å². The molecular formula is C35H39F5N8O4. The quantitative estimate of drug-likeness (QED) is 0.256. The summed E-state index contributed by atoms with van der Waals surface area (Å²) in [6.45, 7) is 8.85. The number of nitrogen functional groups attached to an aromatic ring is 1. The fourth-order valence-corrected chi connectivity index (χ4v) is 8.19. The molecule has 3 saturated heterocycles. The maximum Gasteiger partial charge on any atom is 0.417 e. The van der Waals surface area contributed by atoms with Gasteiger partial charge in [0.1, 0.15) is 46.5 Å². The third-order valence-electron chi connectivity index (χ3n) is 10.5. The second-order valence-corrected chi connectivity index (χ2v) is 15.0. The normalized spacial score (nSPS) is 25.8. The van der Waals surface area contributed by atoms with E-state index in [9.17, 15) is 27.6 Å². The predicted octanol–water partition coefficient (Wildman–Crippen LogP) is 5.84. The predicted molar refractivity (Wildman–Crippen MR) is 179 cm³/mol. The lowest BCUT2D eigenvalue weighted by Crippen LogP contribution is -2.65. The molecule has 17 heteroatoms. The first-order chi connectivity index (χ1) is 24.4. The number of halogens is 5. The Morgan fingerprint density at radius 1 is 1.13 bits per heavy atom. The summed E-state index contributed by atoms with van der Waals surface area (Å²) in [5.41, 5.74) is 0.116. The van der Waals surface area contributed by atoms with Gasteiger partial charge >= 0.3 is 18.3 Å². The highest BCUT2D eigenvalue weighted by atomic mass is 19.4. The minimum atomic E-state index is -5.11. The molecule has 0 aliphatic carbocycles. The van der Waals surface area contributed by atoms with Crippen molar-refractivity contribution in [2.75, 3.05) is 37.4 Å². The van der Waals surface area contributed by atoms with Crippen LogP contribution in [0.25, 0.3) is 22.2 Å². The first-order valence-electron chi connectivity index (χ1n) is 17.1. The van der Waals surface area contributed by atoms with E-state index in [0.717, 1.165) is 6.92 Å². The summed E-state index contributed by atoms with van der Waals surface area (Å²) in [7, 11) is 1.85. The standard InChI is InChI=1S/C35H39F5N8O4/c1-15-24(35(38,39)40)19(11-20(42)25(15)36)27-26(37)28-23-30(45-32(44-28)50-14-22-17(12-41)9-10-46(22)6)47-13-18-7-8-21(29(47)16(2)51-31(23)43-27)48(18)33(49)52-34(3,4)5/h11,16-18,21-22,29H,7-10,13-14,42H2,1-6H3/t16-,17-,18?,21?,22-,29+/m0/s1. The molecule has 2 N–H and O–H groups in total. The Morgan fingerprint density at radius 3 is 2.54 bits per heavy atom. The molecule has 6 atom stereocenters. The number of nitrogens with two attached hydrogens (primary N) is 1. The van der Waals surface area contributed by atoms with E-state index in [1.54, 1.807) is 32.6 Å². The number of hydrogen-bond donors (Lipinski definition) is 1. The number of benzene rings is 1. The number of carbonyl (C=O) groups excluding carboxylic acids is 1. The van der Waals surface area contributed by atoms with Gasteiger partial charge in [-0.3, -0.25) is 9.80 Å². The SMILES string of the molecule is Cc1c(F)c(N)cc(-c2nc3c4c(nc(OC[C@H]5[C@H](C#N)CCN5C)nc4c2F)N2CC4CCC([C@H]2[C@H](C)O3)N4C(=O)OC(C)(C)C)c1C(F)(F)F. The van der Waals surface area contributed by atoms with Gasteiger partial charge in [0.15, 0.2) is 5.82 Å². The number of anilines is 2. The molecule has 1 amide bonds. The second kappa shape index (κ2) is 12.5. The summed E-state index contributed by atoms with van der Waals surface area (Å²) in [5.74, 6) is -2.95. The van der Waals surface area contributed by atoms with Crippen molar-refractivity contribution in [1.29, 1.82) is 5.26 Å². The van der Waals surface area contributed by atoms with Crippen LogP contribution in [0.1, 0.15) is 58.1 Å². The van der Waals surface area contributed by atoms with Crippen LogP contribution in [-0.4, -0.2) is 93.5 Å². The summed E-state index contributed by atoms with van der Waals surface area (Å²) >= 11 is 0. The summed E-state index contributed by atoms with van der Waals surface area (Å²) in [4.78, 5) is 32.5. The molecule has 4 aliphatic heterocycles. The molecule has 6 heterocycles. The monoisotopic (exact) mass is 730 g/mol. The zero-order chi connectivity index (χ0) is 37.6. The third kappa shape index (κ3) is 5.84. The molecule has 0 saturated carbocycles. The zero-order valence-corrected chi connectivity index (χ0v) is 29.5. The van der Waals surface area contributed by atoms with Gasteiger partial charge in [-0.1, -0.05) is 0 Å². The minimum Gasteiger partial charge on any atom is -0.472 e. The maximum absolute atomic E-state index is 16.9. The van der Waals surface area contributed by atoms with Crippen LogP contribution in [0.2, 0.25) is 0 Å². The number of likely N-dealkylation sites (N-methyl/N-ethyl adjacent to an activating group) is 1. The van der Waals surface area contributed by atoms with Crippen molar-refractivity contribution in [2.45, 2.75) is 95.9 Å². The summed E-state index contributed by atoms with van der Waals surface area (Å²) in [5, 5.41) is 9.70. The van der Waals surface area contributed by atoms with Gasteiger partial charge in [-0.25, -0.2) is 18.6 Å². The zero-order valence-electron chi connectivity index (χ0n) is 29.5. The van der Waals surface area contributed by atoms with Crippen molar-refractivity contribution in [1.82, 2.24) is 24.8 Å². The largest absolute Gasteiger partial charge is 0.472 e. The number of likely N-dealkylation sites (tertiary alicyclic amines) is 1. The van der Waals surface area contributed by atoms with Crippen molar-refractivity contribution in [3.05, 3.63) is 28.8 Å². The summed E-state index contributed by atoms with van der Waals surface area (Å²) < 4.78 is 93.5. The molecule has 0 radical (unpaired) electrons. The van der Waals surface area contributed by atoms with E-state index in [0.29, 0.717) is 31.9 Å². The number of hydrogen-bond acceptors (Lipinski definition) is 11. The smallest absolute Gasteiger partial charge is 0.417 e. The molecule has 1 aromatic carbocycles. The van der Waals surface area contributed by atoms with E-state index >= 15 is 4.39 Å². The minimum absolute atomic E-state index is 0.00122. The number of carbonyl (C=O) groups is 1. The molecule has 2 bridgehead atoms. The van der Waals surface area contributed by atoms with Crippen LogP contribution in [0, 0.1) is 35.8 Å². The molecule has 278 valence electrons. The lowest BCUT2D eigenvalue weighted by Gasteiger charge is -2.48. The number of amides is 1. The molecule has 12 nitrogen and oxygen atoms in total. The number of ether oxygens (including phenoxy) is 3. The molecule has 0 spiro atoms.